The lowest BCUT2D eigenvalue weighted by molar-refractivity contribution is -0.295. The highest BCUT2D eigenvalue weighted by atomic mass is 16.7. The van der Waals surface area contributed by atoms with E-state index >= 15 is 0 Å². The molecule has 2 aliphatic heterocycles. The van der Waals surface area contributed by atoms with Gasteiger partial charge in [-0.15, -0.1) is 0 Å². The second-order valence-corrected chi connectivity index (χ2v) is 5.71. The molecule has 5 atom stereocenters. The number of hydrogen-bond donors (Lipinski definition) is 7. The largest absolute Gasteiger partial charge is 0.480 e. The van der Waals surface area contributed by atoms with Gasteiger partial charge < -0.3 is 41.7 Å². The summed E-state index contributed by atoms with van der Waals surface area (Å²) in [5.74, 6) is -5.68. The highest BCUT2D eigenvalue weighted by molar-refractivity contribution is 6.06. The standard InChI is InChI=1S/C12H20N4O8/c13-5(8(19)20)2-1-3-16-9(21)11(22,15-10(16)14)12(23)7(18)6(17)4-24-12/h5-7,17-18,22-23H,1-4,13H2,(H2,14,15)(H,19,20)/t5-,6-,7+,11?,12?/m0/s1. The van der Waals surface area contributed by atoms with Gasteiger partial charge in [-0.05, 0) is 12.8 Å². The first kappa shape index (κ1) is 18.5. The van der Waals surface area contributed by atoms with Crippen LogP contribution in [0.5, 0.6) is 0 Å². The maximum absolute atomic E-state index is 12.4. The lowest BCUT2D eigenvalue weighted by Gasteiger charge is -2.35. The van der Waals surface area contributed by atoms with E-state index in [1.807, 2.05) is 0 Å². The van der Waals surface area contributed by atoms with E-state index in [0.717, 1.165) is 4.90 Å². The van der Waals surface area contributed by atoms with E-state index in [9.17, 15) is 30.0 Å². The predicted molar refractivity (Wildman–Crippen MR) is 76.0 cm³/mol. The van der Waals surface area contributed by atoms with Crippen LogP contribution in [-0.2, 0) is 14.3 Å². The first-order valence-corrected chi connectivity index (χ1v) is 7.15. The van der Waals surface area contributed by atoms with Gasteiger partial charge in [-0.1, -0.05) is 0 Å². The van der Waals surface area contributed by atoms with Gasteiger partial charge in [0.25, 0.3) is 17.4 Å². The number of carbonyl (C=O) groups is 2. The zero-order valence-corrected chi connectivity index (χ0v) is 12.6. The number of rotatable bonds is 6. The molecule has 12 heteroatoms. The van der Waals surface area contributed by atoms with E-state index in [1.54, 1.807) is 0 Å². The second-order valence-electron chi connectivity index (χ2n) is 5.71. The van der Waals surface area contributed by atoms with Gasteiger partial charge >= 0.3 is 5.97 Å². The molecule has 2 unspecified atom stereocenters. The molecule has 0 aromatic heterocycles. The molecular weight excluding hydrogens is 328 g/mol. The Morgan fingerprint density at radius 3 is 2.58 bits per heavy atom. The number of ether oxygens (including phenoxy) is 1. The van der Waals surface area contributed by atoms with E-state index in [-0.39, 0.29) is 19.4 Å². The molecule has 0 aromatic carbocycles. The molecule has 0 aromatic rings. The number of aliphatic hydroxyl groups excluding tert-OH is 2. The van der Waals surface area contributed by atoms with Crippen LogP contribution < -0.4 is 11.5 Å². The first-order valence-electron chi connectivity index (χ1n) is 7.15. The van der Waals surface area contributed by atoms with Crippen LogP contribution in [0.3, 0.4) is 0 Å². The summed E-state index contributed by atoms with van der Waals surface area (Å²) in [5.41, 5.74) is 7.98. The van der Waals surface area contributed by atoms with Gasteiger partial charge in [0.05, 0.1) is 6.61 Å². The van der Waals surface area contributed by atoms with Crippen LogP contribution in [0.1, 0.15) is 12.8 Å². The molecule has 0 bridgehead atoms. The Bertz CT molecular complexity index is 571. The molecule has 2 rings (SSSR count). The molecule has 136 valence electrons. The fraction of sp³-hybridized carbons (Fsp3) is 0.750. The van der Waals surface area contributed by atoms with Crippen LogP contribution in [0.2, 0.25) is 0 Å². The van der Waals surface area contributed by atoms with Gasteiger partial charge in [-0.2, -0.15) is 0 Å². The van der Waals surface area contributed by atoms with E-state index in [2.05, 4.69) is 4.99 Å². The topological polar surface area (TPSA) is 212 Å². The Kier molecular flexibility index (Phi) is 4.81. The van der Waals surface area contributed by atoms with Crippen LogP contribution in [0.4, 0.5) is 0 Å². The highest BCUT2D eigenvalue weighted by Crippen LogP contribution is 2.39. The Morgan fingerprint density at radius 2 is 2.08 bits per heavy atom. The molecule has 0 saturated carbocycles. The summed E-state index contributed by atoms with van der Waals surface area (Å²) in [4.78, 5) is 27.3. The van der Waals surface area contributed by atoms with Crippen LogP contribution in [0, 0.1) is 0 Å². The van der Waals surface area contributed by atoms with Crippen LogP contribution in [-0.4, -0.2) is 91.2 Å². The Morgan fingerprint density at radius 1 is 1.46 bits per heavy atom. The molecular formula is C12H20N4O8. The van der Waals surface area contributed by atoms with Crippen molar-refractivity contribution < 1.29 is 39.9 Å². The molecule has 1 saturated heterocycles. The normalized spacial score (nSPS) is 37.6. The number of guanidine groups is 1. The number of aliphatic carboxylic acids is 1. The van der Waals surface area contributed by atoms with Crippen LogP contribution in [0.15, 0.2) is 4.99 Å². The number of carboxylic acid groups (broad SMARTS) is 1. The highest BCUT2D eigenvalue weighted by Gasteiger charge is 2.69. The van der Waals surface area contributed by atoms with Gasteiger partial charge in [0.2, 0.25) is 5.96 Å². The Hall–Kier alpha value is -1.83. The number of carbonyl (C=O) groups excluding carboxylic acids is 1. The molecule has 9 N–H and O–H groups in total. The molecule has 0 radical (unpaired) electrons. The molecule has 2 aliphatic rings. The molecule has 1 amide bonds. The lowest BCUT2D eigenvalue weighted by Crippen LogP contribution is -2.64. The van der Waals surface area contributed by atoms with Crippen LogP contribution >= 0.6 is 0 Å². The third-order valence-electron chi connectivity index (χ3n) is 4.05. The van der Waals surface area contributed by atoms with Gasteiger partial charge in [-0.25, -0.2) is 4.99 Å². The number of nitrogens with zero attached hydrogens (tertiary/aromatic N) is 2. The summed E-state index contributed by atoms with van der Waals surface area (Å²) < 4.78 is 4.79. The number of aliphatic hydroxyl groups is 4. The monoisotopic (exact) mass is 348 g/mol. The van der Waals surface area contributed by atoms with Crippen molar-refractivity contribution in [3.8, 4) is 0 Å². The minimum atomic E-state index is -2.93. The van der Waals surface area contributed by atoms with E-state index in [4.69, 9.17) is 21.3 Å². The fourth-order valence-electron chi connectivity index (χ4n) is 2.56. The van der Waals surface area contributed by atoms with Crippen molar-refractivity contribution in [2.24, 2.45) is 16.5 Å². The average Bonchev–Trinajstić information content (AvgIpc) is 2.91. The quantitative estimate of drug-likeness (QED) is 0.244. The van der Waals surface area contributed by atoms with Crippen molar-refractivity contribution >= 4 is 17.8 Å². The smallest absolute Gasteiger partial charge is 0.320 e. The number of carboxylic acids is 1. The number of amides is 1. The minimum Gasteiger partial charge on any atom is -0.480 e. The predicted octanol–water partition coefficient (Wildman–Crippen LogP) is -4.54. The third kappa shape index (κ3) is 2.72. The summed E-state index contributed by atoms with van der Waals surface area (Å²) >= 11 is 0. The Labute approximate surface area is 135 Å². The van der Waals surface area contributed by atoms with Gasteiger partial charge in [0.15, 0.2) is 0 Å². The summed E-state index contributed by atoms with van der Waals surface area (Å²) in [6, 6.07) is -1.13. The van der Waals surface area contributed by atoms with Crippen molar-refractivity contribution in [3.05, 3.63) is 0 Å². The summed E-state index contributed by atoms with van der Waals surface area (Å²) in [6.45, 7) is -0.637. The fourth-order valence-corrected chi connectivity index (χ4v) is 2.56. The number of aliphatic imine (C=N–C) groups is 1. The van der Waals surface area contributed by atoms with Crippen molar-refractivity contribution in [2.75, 3.05) is 13.2 Å². The third-order valence-corrected chi connectivity index (χ3v) is 4.05. The molecule has 24 heavy (non-hydrogen) atoms. The number of nitrogens with two attached hydrogens (primary N) is 2. The van der Waals surface area contributed by atoms with Gasteiger partial charge in [0, 0.05) is 6.54 Å². The maximum Gasteiger partial charge on any atom is 0.320 e. The summed E-state index contributed by atoms with van der Waals surface area (Å²) in [7, 11) is 0. The lowest BCUT2D eigenvalue weighted by atomic mass is 9.95. The summed E-state index contributed by atoms with van der Waals surface area (Å²) in [5, 5.41) is 48.7. The van der Waals surface area contributed by atoms with Crippen molar-refractivity contribution in [1.29, 1.82) is 0 Å². The van der Waals surface area contributed by atoms with Gasteiger partial charge in [0.1, 0.15) is 18.2 Å². The zero-order chi connectivity index (χ0) is 18.3. The number of hydrogen-bond acceptors (Lipinski definition) is 10. The molecule has 12 nitrogen and oxygen atoms in total. The van der Waals surface area contributed by atoms with E-state index < -0.39 is 54.2 Å². The molecule has 0 spiro atoms. The van der Waals surface area contributed by atoms with E-state index in [0.29, 0.717) is 0 Å². The van der Waals surface area contributed by atoms with E-state index in [1.165, 1.54) is 0 Å². The average molecular weight is 348 g/mol. The Balaban J connectivity index is 2.11. The van der Waals surface area contributed by atoms with Gasteiger partial charge in [-0.3, -0.25) is 14.5 Å². The van der Waals surface area contributed by atoms with Crippen LogP contribution in [0.25, 0.3) is 0 Å². The zero-order valence-electron chi connectivity index (χ0n) is 12.6. The second kappa shape index (κ2) is 6.23. The first-order chi connectivity index (χ1) is 11.0. The molecule has 2 heterocycles. The maximum atomic E-state index is 12.4. The minimum absolute atomic E-state index is 0.0347. The van der Waals surface area contributed by atoms with Crippen molar-refractivity contribution in [2.45, 2.75) is 42.6 Å². The SMILES string of the molecule is NC1=NC(O)(C2(O)OC[C@H](O)[C@H]2O)C(=O)N1CCC[C@H](N)C(=O)O. The molecule has 1 fully saturated rings. The molecule has 0 aliphatic carbocycles. The summed E-state index contributed by atoms with van der Waals surface area (Å²) in [6.07, 6.45) is -3.34. The van der Waals surface area contributed by atoms with Crippen molar-refractivity contribution in [3.63, 3.8) is 0 Å². The van der Waals surface area contributed by atoms with Crippen molar-refractivity contribution in [1.82, 2.24) is 4.90 Å².